The Hall–Kier alpha value is -1.76. The number of urea groups is 1. The number of anilines is 1. The van der Waals surface area contributed by atoms with Gasteiger partial charge in [-0.25, -0.2) is 13.2 Å². The first-order valence-corrected chi connectivity index (χ1v) is 8.25. The van der Waals surface area contributed by atoms with Gasteiger partial charge in [-0.05, 0) is 18.6 Å². The Labute approximate surface area is 118 Å². The number of rotatable bonds is 3. The van der Waals surface area contributed by atoms with E-state index in [1.807, 2.05) is 6.07 Å². The summed E-state index contributed by atoms with van der Waals surface area (Å²) in [6.45, 7) is 0.679. The number of carbonyl (C=O) groups is 1. The molecule has 1 heterocycles. The third kappa shape index (κ3) is 3.22. The van der Waals surface area contributed by atoms with Crippen LogP contribution in [-0.2, 0) is 9.84 Å². The summed E-state index contributed by atoms with van der Waals surface area (Å²) >= 11 is 0. The number of hydrogen-bond acceptors (Lipinski definition) is 4. The molecule has 0 unspecified atom stereocenters. The van der Waals surface area contributed by atoms with Crippen molar-refractivity contribution in [3.8, 4) is 5.75 Å². The van der Waals surface area contributed by atoms with Gasteiger partial charge < -0.3 is 15.0 Å². The first-order valence-electron chi connectivity index (χ1n) is 6.29. The van der Waals surface area contributed by atoms with Crippen LogP contribution in [0.5, 0.6) is 5.75 Å². The lowest BCUT2D eigenvalue weighted by molar-refractivity contribution is 0.222. The Morgan fingerprint density at radius 3 is 2.70 bits per heavy atom. The van der Waals surface area contributed by atoms with E-state index < -0.39 is 15.1 Å². The van der Waals surface area contributed by atoms with Crippen molar-refractivity contribution >= 4 is 21.6 Å². The summed E-state index contributed by atoms with van der Waals surface area (Å²) in [7, 11) is -1.57. The maximum absolute atomic E-state index is 12.1. The third-order valence-electron chi connectivity index (χ3n) is 3.39. The Morgan fingerprint density at radius 2 is 2.10 bits per heavy atom. The van der Waals surface area contributed by atoms with Gasteiger partial charge in [-0.1, -0.05) is 12.1 Å². The summed E-state index contributed by atoms with van der Waals surface area (Å²) in [6, 6.07) is 6.78. The molecule has 1 saturated heterocycles. The SMILES string of the molecule is COc1ccccc1NC(=O)N1CC[C@@H](S(C)(=O)=O)C1. The Kier molecular flexibility index (Phi) is 4.17. The molecular formula is C13H18N2O4S. The molecule has 0 aromatic heterocycles. The molecule has 0 radical (unpaired) electrons. The van der Waals surface area contributed by atoms with Crippen LogP contribution in [0.3, 0.4) is 0 Å². The number of ether oxygens (including phenoxy) is 1. The van der Waals surface area contributed by atoms with Crippen LogP contribution in [-0.4, -0.2) is 51.1 Å². The van der Waals surface area contributed by atoms with Crippen molar-refractivity contribution in [2.24, 2.45) is 0 Å². The van der Waals surface area contributed by atoms with E-state index in [4.69, 9.17) is 4.74 Å². The minimum atomic E-state index is -3.10. The van der Waals surface area contributed by atoms with Crippen molar-refractivity contribution in [3.63, 3.8) is 0 Å². The summed E-state index contributed by atoms with van der Waals surface area (Å²) in [5.74, 6) is 0.569. The highest BCUT2D eigenvalue weighted by molar-refractivity contribution is 7.91. The van der Waals surface area contributed by atoms with Crippen LogP contribution in [0.1, 0.15) is 6.42 Å². The van der Waals surface area contributed by atoms with Gasteiger partial charge in [0, 0.05) is 19.3 Å². The number of hydrogen-bond donors (Lipinski definition) is 1. The van der Waals surface area contributed by atoms with E-state index in [1.54, 1.807) is 18.2 Å². The summed E-state index contributed by atoms with van der Waals surface area (Å²) < 4.78 is 28.1. The van der Waals surface area contributed by atoms with Crippen molar-refractivity contribution in [2.75, 3.05) is 31.8 Å². The van der Waals surface area contributed by atoms with Gasteiger partial charge in [0.25, 0.3) is 0 Å². The van der Waals surface area contributed by atoms with E-state index in [1.165, 1.54) is 18.3 Å². The zero-order chi connectivity index (χ0) is 14.8. The molecule has 1 aliphatic heterocycles. The molecule has 1 atom stereocenters. The predicted molar refractivity (Wildman–Crippen MR) is 76.8 cm³/mol. The zero-order valence-electron chi connectivity index (χ0n) is 11.5. The number of benzene rings is 1. The van der Waals surface area contributed by atoms with Gasteiger partial charge in [0.1, 0.15) is 5.75 Å². The monoisotopic (exact) mass is 298 g/mol. The molecule has 20 heavy (non-hydrogen) atoms. The first kappa shape index (κ1) is 14.6. The summed E-state index contributed by atoms with van der Waals surface area (Å²) in [5.41, 5.74) is 0.572. The molecule has 1 aliphatic rings. The molecule has 1 aromatic carbocycles. The predicted octanol–water partition coefficient (Wildman–Crippen LogP) is 1.35. The summed E-state index contributed by atoms with van der Waals surface area (Å²) in [4.78, 5) is 13.6. The molecule has 0 spiro atoms. The normalized spacial score (nSPS) is 18.9. The van der Waals surface area contributed by atoms with Crippen LogP contribution in [0.4, 0.5) is 10.5 Å². The molecule has 110 valence electrons. The Balaban J connectivity index is 2.03. The molecule has 1 N–H and O–H groups in total. The van der Waals surface area contributed by atoms with Gasteiger partial charge in [0.2, 0.25) is 0 Å². The van der Waals surface area contributed by atoms with E-state index >= 15 is 0 Å². The number of sulfone groups is 1. The van der Waals surface area contributed by atoms with E-state index in [-0.39, 0.29) is 12.6 Å². The second-order valence-corrected chi connectivity index (χ2v) is 7.14. The highest BCUT2D eigenvalue weighted by Crippen LogP contribution is 2.24. The topological polar surface area (TPSA) is 75.7 Å². The average Bonchev–Trinajstić information content (AvgIpc) is 2.89. The van der Waals surface area contributed by atoms with E-state index in [0.29, 0.717) is 24.4 Å². The Morgan fingerprint density at radius 1 is 1.40 bits per heavy atom. The van der Waals surface area contributed by atoms with Crippen molar-refractivity contribution in [2.45, 2.75) is 11.7 Å². The lowest BCUT2D eigenvalue weighted by Gasteiger charge is -2.18. The zero-order valence-corrected chi connectivity index (χ0v) is 12.3. The van der Waals surface area contributed by atoms with Crippen molar-refractivity contribution < 1.29 is 17.9 Å². The maximum atomic E-state index is 12.1. The van der Waals surface area contributed by atoms with Crippen molar-refractivity contribution in [1.29, 1.82) is 0 Å². The highest BCUT2D eigenvalue weighted by atomic mass is 32.2. The Bertz CT molecular complexity index is 600. The van der Waals surface area contributed by atoms with E-state index in [0.717, 1.165) is 0 Å². The van der Waals surface area contributed by atoms with Crippen LogP contribution >= 0.6 is 0 Å². The van der Waals surface area contributed by atoms with Crippen LogP contribution in [0.25, 0.3) is 0 Å². The molecule has 0 saturated carbocycles. The first-order chi connectivity index (χ1) is 9.41. The van der Waals surface area contributed by atoms with Crippen molar-refractivity contribution in [1.82, 2.24) is 4.90 Å². The molecule has 1 aromatic rings. The van der Waals surface area contributed by atoms with Gasteiger partial charge in [-0.15, -0.1) is 0 Å². The smallest absolute Gasteiger partial charge is 0.321 e. The van der Waals surface area contributed by atoms with Gasteiger partial charge in [-0.3, -0.25) is 0 Å². The molecule has 7 heteroatoms. The van der Waals surface area contributed by atoms with Gasteiger partial charge in [0.05, 0.1) is 18.0 Å². The number of nitrogens with zero attached hydrogens (tertiary/aromatic N) is 1. The average molecular weight is 298 g/mol. The second kappa shape index (κ2) is 5.70. The number of nitrogens with one attached hydrogen (secondary N) is 1. The number of para-hydroxylation sites is 2. The quantitative estimate of drug-likeness (QED) is 0.914. The second-order valence-electron chi connectivity index (χ2n) is 4.82. The van der Waals surface area contributed by atoms with Crippen LogP contribution in [0, 0.1) is 0 Å². The van der Waals surface area contributed by atoms with Gasteiger partial charge in [-0.2, -0.15) is 0 Å². The molecule has 0 aliphatic carbocycles. The van der Waals surface area contributed by atoms with Crippen LogP contribution in [0.15, 0.2) is 24.3 Å². The van der Waals surface area contributed by atoms with E-state index in [9.17, 15) is 13.2 Å². The van der Waals surface area contributed by atoms with Crippen LogP contribution < -0.4 is 10.1 Å². The maximum Gasteiger partial charge on any atom is 0.321 e. The number of likely N-dealkylation sites (tertiary alicyclic amines) is 1. The molecule has 6 nitrogen and oxygen atoms in total. The molecule has 2 rings (SSSR count). The standard InChI is InChI=1S/C13H18N2O4S/c1-19-12-6-4-3-5-11(12)14-13(16)15-8-7-10(9-15)20(2,17)18/h3-6,10H,7-9H2,1-2H3,(H,14,16)/t10-/m1/s1. The van der Waals surface area contributed by atoms with Crippen LogP contribution in [0.2, 0.25) is 0 Å². The third-order valence-corrected chi connectivity index (χ3v) is 4.98. The van der Waals surface area contributed by atoms with Gasteiger partial charge >= 0.3 is 6.03 Å². The number of carbonyl (C=O) groups excluding carboxylic acids is 1. The largest absolute Gasteiger partial charge is 0.495 e. The fourth-order valence-corrected chi connectivity index (χ4v) is 3.19. The van der Waals surface area contributed by atoms with Crippen molar-refractivity contribution in [3.05, 3.63) is 24.3 Å². The highest BCUT2D eigenvalue weighted by Gasteiger charge is 2.32. The number of methoxy groups -OCH3 is 1. The summed E-state index contributed by atoms with van der Waals surface area (Å²) in [6.07, 6.45) is 1.69. The number of amides is 2. The molecule has 0 bridgehead atoms. The summed E-state index contributed by atoms with van der Waals surface area (Å²) in [5, 5.41) is 2.28. The fourth-order valence-electron chi connectivity index (χ4n) is 2.20. The molecule has 2 amide bonds. The van der Waals surface area contributed by atoms with Gasteiger partial charge in [0.15, 0.2) is 9.84 Å². The minimum Gasteiger partial charge on any atom is -0.495 e. The minimum absolute atomic E-state index is 0.236. The van der Waals surface area contributed by atoms with E-state index in [2.05, 4.69) is 5.32 Å². The molecule has 1 fully saturated rings. The lowest BCUT2D eigenvalue weighted by atomic mass is 10.3. The molecular weight excluding hydrogens is 280 g/mol. The lowest BCUT2D eigenvalue weighted by Crippen LogP contribution is -2.35. The fraction of sp³-hybridized carbons (Fsp3) is 0.462.